The van der Waals surface area contributed by atoms with Crippen molar-refractivity contribution >= 4 is 11.5 Å². The highest BCUT2D eigenvalue weighted by atomic mass is 16.5. The molecule has 1 aliphatic heterocycles. The average molecular weight is 309 g/mol. The maximum absolute atomic E-state index is 8.76. The van der Waals surface area contributed by atoms with Crippen LogP contribution in [0.1, 0.15) is 11.3 Å². The molecule has 1 saturated heterocycles. The molecule has 23 heavy (non-hydrogen) atoms. The fourth-order valence-corrected chi connectivity index (χ4v) is 2.58. The minimum absolute atomic E-state index is 0.331. The third-order valence-electron chi connectivity index (χ3n) is 3.89. The van der Waals surface area contributed by atoms with E-state index in [2.05, 4.69) is 39.4 Å². The van der Waals surface area contributed by atoms with Crippen molar-refractivity contribution in [3.05, 3.63) is 47.7 Å². The Morgan fingerprint density at radius 2 is 1.87 bits per heavy atom. The van der Waals surface area contributed by atoms with Gasteiger partial charge in [-0.25, -0.2) is 0 Å². The van der Waals surface area contributed by atoms with E-state index in [1.54, 1.807) is 6.07 Å². The van der Waals surface area contributed by atoms with Gasteiger partial charge in [-0.2, -0.15) is 5.26 Å². The van der Waals surface area contributed by atoms with Crippen molar-refractivity contribution < 1.29 is 4.74 Å². The normalized spacial score (nSPS) is 14.3. The van der Waals surface area contributed by atoms with Crippen molar-refractivity contribution in [1.29, 1.82) is 5.26 Å². The monoisotopic (exact) mass is 309 g/mol. The standard InChI is InChI=1S/C17H19N5O/c1-21(17-7-4-15(12-18)19-20-17)13-14-2-5-16(6-3-14)22-8-10-23-11-9-22/h2-7H,8-11,13H2,1H3. The minimum atomic E-state index is 0.331. The lowest BCUT2D eigenvalue weighted by Gasteiger charge is -2.29. The second kappa shape index (κ2) is 7.07. The first-order chi connectivity index (χ1) is 11.3. The molecule has 0 radical (unpaired) electrons. The molecular weight excluding hydrogens is 290 g/mol. The van der Waals surface area contributed by atoms with Crippen molar-refractivity contribution in [2.75, 3.05) is 43.2 Å². The summed E-state index contributed by atoms with van der Waals surface area (Å²) in [6.07, 6.45) is 0. The molecule has 118 valence electrons. The van der Waals surface area contributed by atoms with Crippen molar-refractivity contribution in [2.45, 2.75) is 6.54 Å². The zero-order valence-corrected chi connectivity index (χ0v) is 13.1. The Balaban J connectivity index is 1.64. The molecule has 0 spiro atoms. The van der Waals surface area contributed by atoms with Gasteiger partial charge in [0.15, 0.2) is 11.5 Å². The summed E-state index contributed by atoms with van der Waals surface area (Å²) in [7, 11) is 1.96. The summed E-state index contributed by atoms with van der Waals surface area (Å²) in [6, 6.07) is 14.0. The molecule has 1 aromatic heterocycles. The Labute approximate surface area is 135 Å². The summed E-state index contributed by atoms with van der Waals surface area (Å²) in [5.41, 5.74) is 2.77. The van der Waals surface area contributed by atoms with E-state index in [1.807, 2.05) is 24.1 Å². The van der Waals surface area contributed by atoms with Crippen molar-refractivity contribution in [1.82, 2.24) is 10.2 Å². The van der Waals surface area contributed by atoms with E-state index in [9.17, 15) is 0 Å². The number of benzene rings is 1. The Morgan fingerprint density at radius 3 is 2.48 bits per heavy atom. The average Bonchev–Trinajstić information content (AvgIpc) is 2.63. The van der Waals surface area contributed by atoms with Gasteiger partial charge in [-0.15, -0.1) is 10.2 Å². The molecule has 0 unspecified atom stereocenters. The number of hydrogen-bond acceptors (Lipinski definition) is 6. The van der Waals surface area contributed by atoms with Gasteiger partial charge < -0.3 is 14.5 Å². The fraction of sp³-hybridized carbons (Fsp3) is 0.353. The summed E-state index contributed by atoms with van der Waals surface area (Å²) in [4.78, 5) is 4.35. The Hall–Kier alpha value is -2.65. The van der Waals surface area contributed by atoms with E-state index in [0.717, 1.165) is 38.7 Å². The smallest absolute Gasteiger partial charge is 0.163 e. The summed E-state index contributed by atoms with van der Waals surface area (Å²) in [5, 5.41) is 16.7. The number of hydrogen-bond donors (Lipinski definition) is 0. The fourth-order valence-electron chi connectivity index (χ4n) is 2.58. The van der Waals surface area contributed by atoms with Crippen LogP contribution in [0.4, 0.5) is 11.5 Å². The summed E-state index contributed by atoms with van der Waals surface area (Å²) >= 11 is 0. The molecule has 0 amide bonds. The third kappa shape index (κ3) is 3.76. The van der Waals surface area contributed by atoms with Crippen LogP contribution in [0.5, 0.6) is 0 Å². The van der Waals surface area contributed by atoms with Crippen LogP contribution in [0.15, 0.2) is 36.4 Å². The van der Waals surface area contributed by atoms with Crippen molar-refractivity contribution in [3.63, 3.8) is 0 Å². The predicted octanol–water partition coefficient (Wildman–Crippen LogP) is 1.82. The number of morpholine rings is 1. The zero-order valence-electron chi connectivity index (χ0n) is 13.1. The van der Waals surface area contributed by atoms with Gasteiger partial charge in [0.2, 0.25) is 0 Å². The minimum Gasteiger partial charge on any atom is -0.378 e. The molecule has 6 nitrogen and oxygen atoms in total. The molecule has 2 aromatic rings. The Morgan fingerprint density at radius 1 is 1.13 bits per heavy atom. The number of anilines is 2. The van der Waals surface area contributed by atoms with Crippen LogP contribution in [0, 0.1) is 11.3 Å². The molecule has 6 heteroatoms. The highest BCUT2D eigenvalue weighted by Gasteiger charge is 2.11. The lowest BCUT2D eigenvalue weighted by Crippen LogP contribution is -2.36. The number of nitrogens with zero attached hydrogens (tertiary/aromatic N) is 5. The molecule has 0 atom stereocenters. The molecule has 1 aromatic carbocycles. The van der Waals surface area contributed by atoms with Gasteiger partial charge in [-0.1, -0.05) is 12.1 Å². The van der Waals surface area contributed by atoms with Gasteiger partial charge in [0.1, 0.15) is 6.07 Å². The highest BCUT2D eigenvalue weighted by molar-refractivity contribution is 5.48. The van der Waals surface area contributed by atoms with E-state index < -0.39 is 0 Å². The van der Waals surface area contributed by atoms with Gasteiger partial charge >= 0.3 is 0 Å². The van der Waals surface area contributed by atoms with Gasteiger partial charge in [0, 0.05) is 32.4 Å². The van der Waals surface area contributed by atoms with Gasteiger partial charge in [-0.05, 0) is 29.8 Å². The summed E-state index contributed by atoms with van der Waals surface area (Å²) in [5.74, 6) is 0.751. The first kappa shape index (κ1) is 15.3. The topological polar surface area (TPSA) is 65.3 Å². The van der Waals surface area contributed by atoms with Crippen LogP contribution in [0.2, 0.25) is 0 Å². The summed E-state index contributed by atoms with van der Waals surface area (Å²) < 4.78 is 5.38. The second-order valence-corrected chi connectivity index (χ2v) is 5.51. The van der Waals surface area contributed by atoms with E-state index in [0.29, 0.717) is 5.69 Å². The molecule has 0 aliphatic carbocycles. The van der Waals surface area contributed by atoms with E-state index >= 15 is 0 Å². The van der Waals surface area contributed by atoms with E-state index in [-0.39, 0.29) is 0 Å². The molecule has 0 saturated carbocycles. The van der Waals surface area contributed by atoms with Crippen LogP contribution in [0.3, 0.4) is 0 Å². The lowest BCUT2D eigenvalue weighted by molar-refractivity contribution is 0.122. The molecule has 2 heterocycles. The number of ether oxygens (including phenoxy) is 1. The zero-order chi connectivity index (χ0) is 16.1. The quantitative estimate of drug-likeness (QED) is 0.858. The maximum atomic E-state index is 8.76. The molecule has 3 rings (SSSR count). The molecule has 1 fully saturated rings. The first-order valence-corrected chi connectivity index (χ1v) is 7.63. The molecule has 0 bridgehead atoms. The molecular formula is C17H19N5O. The van der Waals surface area contributed by atoms with Crippen LogP contribution in [0.25, 0.3) is 0 Å². The lowest BCUT2D eigenvalue weighted by atomic mass is 10.1. The van der Waals surface area contributed by atoms with Crippen LogP contribution in [-0.4, -0.2) is 43.5 Å². The van der Waals surface area contributed by atoms with Gasteiger partial charge in [0.25, 0.3) is 0 Å². The van der Waals surface area contributed by atoms with E-state index in [1.165, 1.54) is 11.3 Å². The molecule has 0 N–H and O–H groups in total. The number of aromatic nitrogens is 2. The largest absolute Gasteiger partial charge is 0.378 e. The first-order valence-electron chi connectivity index (χ1n) is 7.63. The number of rotatable bonds is 4. The van der Waals surface area contributed by atoms with Gasteiger partial charge in [-0.3, -0.25) is 0 Å². The maximum Gasteiger partial charge on any atom is 0.163 e. The highest BCUT2D eigenvalue weighted by Crippen LogP contribution is 2.18. The van der Waals surface area contributed by atoms with Gasteiger partial charge in [0.05, 0.1) is 13.2 Å². The predicted molar refractivity (Wildman–Crippen MR) is 88.3 cm³/mol. The van der Waals surface area contributed by atoms with Crippen LogP contribution in [-0.2, 0) is 11.3 Å². The second-order valence-electron chi connectivity index (χ2n) is 5.51. The SMILES string of the molecule is CN(Cc1ccc(N2CCOCC2)cc1)c1ccc(C#N)nn1. The molecule has 1 aliphatic rings. The summed E-state index contributed by atoms with van der Waals surface area (Å²) in [6.45, 7) is 4.22. The van der Waals surface area contributed by atoms with Crippen molar-refractivity contribution in [3.8, 4) is 6.07 Å². The van der Waals surface area contributed by atoms with Crippen molar-refractivity contribution in [2.24, 2.45) is 0 Å². The van der Waals surface area contributed by atoms with Crippen LogP contribution >= 0.6 is 0 Å². The Bertz CT molecular complexity index is 672. The van der Waals surface area contributed by atoms with Crippen LogP contribution < -0.4 is 9.80 Å². The number of nitriles is 1. The third-order valence-corrected chi connectivity index (χ3v) is 3.89. The Kier molecular flexibility index (Phi) is 4.69. The van der Waals surface area contributed by atoms with E-state index in [4.69, 9.17) is 10.00 Å².